The second-order valence-electron chi connectivity index (χ2n) is 13.4. The monoisotopic (exact) mass is 711 g/mol. The Bertz CT molecular complexity index is 1580. The largest absolute Gasteiger partial charge is 0.455 e. The Labute approximate surface area is 278 Å². The van der Waals surface area contributed by atoms with Crippen LogP contribution in [0.3, 0.4) is 0 Å². The third-order valence-corrected chi connectivity index (χ3v) is 20.6. The number of esters is 1. The van der Waals surface area contributed by atoms with E-state index in [0.29, 0.717) is 0 Å². The summed E-state index contributed by atoms with van der Waals surface area (Å²) in [5.74, 6) is -0.623. The molecule has 16 heteroatoms. The molecule has 2 saturated heterocycles. The minimum absolute atomic E-state index is 0.00831. The van der Waals surface area contributed by atoms with E-state index in [0.717, 1.165) is 0 Å². The molecular weight excluding hydrogens is 663 g/mol. The first-order valence-electron chi connectivity index (χ1n) is 16.3. The summed E-state index contributed by atoms with van der Waals surface area (Å²) in [4.78, 5) is 40.6. The van der Waals surface area contributed by atoms with Crippen molar-refractivity contribution in [3.63, 3.8) is 0 Å². The fourth-order valence-electron chi connectivity index (χ4n) is 6.43. The number of hydrogen-bond donors (Lipinski definition) is 2. The van der Waals surface area contributed by atoms with Gasteiger partial charge >= 0.3 is 28.8 Å². The van der Waals surface area contributed by atoms with E-state index in [1.165, 1.54) is 29.0 Å². The van der Waals surface area contributed by atoms with E-state index in [1.54, 1.807) is 18.2 Å². The highest BCUT2D eigenvalue weighted by molar-refractivity contribution is 7.89. The molecule has 47 heavy (non-hydrogen) atoms. The molecule has 2 fully saturated rings. The average Bonchev–Trinajstić information content (AvgIpc) is 3.30. The van der Waals surface area contributed by atoms with Gasteiger partial charge in [0.15, 0.2) is 12.3 Å². The van der Waals surface area contributed by atoms with Gasteiger partial charge in [0.1, 0.15) is 12.2 Å². The van der Waals surface area contributed by atoms with Gasteiger partial charge < -0.3 is 22.4 Å². The number of fused-ring (bicyclic) bond motifs is 1. The van der Waals surface area contributed by atoms with Crippen molar-refractivity contribution in [3.8, 4) is 0 Å². The summed E-state index contributed by atoms with van der Waals surface area (Å²) in [6.07, 6.45) is -2.43. The number of nitrogens with zero attached hydrogens (tertiary/aromatic N) is 1. The number of nitrogens with one attached hydrogen (secondary N) is 2. The zero-order valence-electron chi connectivity index (χ0n) is 28.4. The topological polar surface area (TPSA) is 164 Å². The smallest absolute Gasteiger partial charge is 0.335 e. The lowest BCUT2D eigenvalue weighted by Gasteiger charge is -2.51. The highest BCUT2D eigenvalue weighted by Crippen LogP contribution is 2.48. The summed E-state index contributed by atoms with van der Waals surface area (Å²) >= 11 is 0. The third-order valence-electron chi connectivity index (χ3n) is 8.91. The van der Waals surface area contributed by atoms with Crippen LogP contribution in [0, 0.1) is 0 Å². The van der Waals surface area contributed by atoms with E-state index in [2.05, 4.69) is 65.1 Å². The van der Waals surface area contributed by atoms with E-state index in [9.17, 15) is 22.8 Å². The lowest BCUT2D eigenvalue weighted by Crippen LogP contribution is -2.66. The van der Waals surface area contributed by atoms with Crippen molar-refractivity contribution in [1.82, 2.24) is 14.3 Å². The Morgan fingerprint density at radius 2 is 1.60 bits per heavy atom. The molecule has 2 aliphatic heterocycles. The molecule has 0 bridgehead atoms. The molecule has 2 aromatic rings. The van der Waals surface area contributed by atoms with Crippen LogP contribution < -0.4 is 16.0 Å². The second-order valence-corrected chi connectivity index (χ2v) is 24.0. The molecule has 1 aromatic heterocycles. The van der Waals surface area contributed by atoms with Crippen molar-refractivity contribution in [2.45, 2.75) is 120 Å². The highest BCUT2D eigenvalue weighted by Gasteiger charge is 2.62. The maximum Gasteiger partial charge on any atom is 0.335 e. The summed E-state index contributed by atoms with van der Waals surface area (Å²) in [7, 11) is -9.79. The molecule has 1 unspecified atom stereocenters. The first-order valence-corrected chi connectivity index (χ1v) is 21.7. The van der Waals surface area contributed by atoms with Crippen LogP contribution in [0.2, 0.25) is 22.2 Å². The SMILES string of the molecule is CC(C)[Si]1(C(C)C)OC[C@H]2O[C@@H](n3ccc(=O)[nH]c3=O)[C@@H](OC(=O)CCCNS(=O)(=O)c3ccccc3)C2O[Si](C(C)C)(C(C)C)O1. The van der Waals surface area contributed by atoms with Gasteiger partial charge in [0.05, 0.1) is 11.5 Å². The van der Waals surface area contributed by atoms with Crippen LogP contribution in [0.1, 0.15) is 74.5 Å². The summed E-state index contributed by atoms with van der Waals surface area (Å²) in [6, 6.07) is 9.15. The lowest BCUT2D eigenvalue weighted by atomic mass is 10.1. The second kappa shape index (κ2) is 15.0. The predicted molar refractivity (Wildman–Crippen MR) is 180 cm³/mol. The Balaban J connectivity index is 1.64. The zero-order valence-corrected chi connectivity index (χ0v) is 31.2. The number of benzene rings is 1. The maximum atomic E-state index is 13.3. The summed E-state index contributed by atoms with van der Waals surface area (Å²) in [5, 5.41) is 0. The number of ether oxygens (including phenoxy) is 2. The van der Waals surface area contributed by atoms with Gasteiger partial charge in [-0.25, -0.2) is 17.9 Å². The van der Waals surface area contributed by atoms with Crippen molar-refractivity contribution >= 4 is 33.1 Å². The number of aromatic nitrogens is 2. The Morgan fingerprint density at radius 1 is 0.979 bits per heavy atom. The van der Waals surface area contributed by atoms with Gasteiger partial charge in [-0.15, -0.1) is 0 Å². The first-order chi connectivity index (χ1) is 22.0. The van der Waals surface area contributed by atoms with Crippen LogP contribution in [0.4, 0.5) is 0 Å². The number of carbonyl (C=O) groups is 1. The van der Waals surface area contributed by atoms with E-state index >= 15 is 0 Å². The highest BCUT2D eigenvalue weighted by atomic mass is 32.2. The van der Waals surface area contributed by atoms with E-state index in [4.69, 9.17) is 22.4 Å². The minimum atomic E-state index is -3.74. The van der Waals surface area contributed by atoms with Gasteiger partial charge in [-0.05, 0) is 40.7 Å². The molecule has 13 nitrogen and oxygen atoms in total. The van der Waals surface area contributed by atoms with Crippen molar-refractivity contribution in [2.24, 2.45) is 0 Å². The number of carbonyl (C=O) groups excluding carboxylic acids is 1. The first kappa shape index (κ1) is 37.4. The molecule has 0 aliphatic carbocycles. The lowest BCUT2D eigenvalue weighted by molar-refractivity contribution is -0.158. The molecule has 0 spiro atoms. The van der Waals surface area contributed by atoms with Crippen molar-refractivity contribution in [1.29, 1.82) is 0 Å². The maximum absolute atomic E-state index is 13.3. The van der Waals surface area contributed by atoms with Gasteiger partial charge in [0, 0.05) is 25.2 Å². The van der Waals surface area contributed by atoms with Crippen LogP contribution in [-0.2, 0) is 37.3 Å². The van der Waals surface area contributed by atoms with E-state index in [1.807, 2.05) is 0 Å². The van der Waals surface area contributed by atoms with Gasteiger partial charge in [0.2, 0.25) is 10.0 Å². The van der Waals surface area contributed by atoms with Crippen LogP contribution >= 0.6 is 0 Å². The Hall–Kier alpha value is -2.45. The van der Waals surface area contributed by atoms with Crippen molar-refractivity contribution in [2.75, 3.05) is 13.2 Å². The normalized spacial score (nSPS) is 24.3. The van der Waals surface area contributed by atoms with Gasteiger partial charge in [-0.2, -0.15) is 0 Å². The molecule has 0 saturated carbocycles. The Kier molecular flexibility index (Phi) is 11.9. The number of rotatable bonds is 12. The third kappa shape index (κ3) is 7.90. The molecule has 2 aliphatic rings. The van der Waals surface area contributed by atoms with Crippen LogP contribution in [0.5, 0.6) is 0 Å². The average molecular weight is 712 g/mol. The van der Waals surface area contributed by atoms with Crippen LogP contribution in [-0.4, -0.2) is 72.5 Å². The number of sulfonamides is 1. The molecule has 0 radical (unpaired) electrons. The molecule has 4 atom stereocenters. The van der Waals surface area contributed by atoms with Crippen molar-refractivity contribution in [3.05, 3.63) is 63.4 Å². The molecule has 1 aromatic carbocycles. The van der Waals surface area contributed by atoms with Crippen LogP contribution in [0.25, 0.3) is 0 Å². The molecular formula is C31H49N3O10SSi2. The number of hydrogen-bond acceptors (Lipinski definition) is 10. The van der Waals surface area contributed by atoms with E-state index in [-0.39, 0.29) is 53.1 Å². The van der Waals surface area contributed by atoms with Crippen LogP contribution in [0.15, 0.2) is 57.1 Å². The predicted octanol–water partition coefficient (Wildman–Crippen LogP) is 4.06. The van der Waals surface area contributed by atoms with E-state index < -0.39 is 68.9 Å². The van der Waals surface area contributed by atoms with Gasteiger partial charge in [-0.3, -0.25) is 19.1 Å². The minimum Gasteiger partial charge on any atom is -0.455 e. The molecule has 4 rings (SSSR count). The van der Waals surface area contributed by atoms with Gasteiger partial charge in [0.25, 0.3) is 5.56 Å². The fraction of sp³-hybridized carbons (Fsp3) is 0.645. The molecule has 262 valence electrons. The van der Waals surface area contributed by atoms with Gasteiger partial charge in [-0.1, -0.05) is 73.6 Å². The summed E-state index contributed by atoms with van der Waals surface area (Å²) in [6.45, 7) is 16.8. The fourth-order valence-corrected chi connectivity index (χ4v) is 18.7. The number of aromatic amines is 1. The van der Waals surface area contributed by atoms with Crippen molar-refractivity contribution < 1.29 is 35.7 Å². The molecule has 3 heterocycles. The Morgan fingerprint density at radius 3 is 2.17 bits per heavy atom. The standard InChI is InChI=1S/C31H49N3O10SSi2/c1-20(2)46(21(3)4)40-19-25-28(43-47(44-46,22(5)6)23(7)8)29(30(41-25)34-18-16-26(35)33-31(34)37)42-27(36)15-12-17-32-45(38,39)24-13-10-9-11-14-24/h9-11,13-14,16,18,20-23,25,28-30,32H,12,15,17,19H2,1-8H3,(H,33,35,37)/t25-,28?,29+,30-/m1/s1. The summed E-state index contributed by atoms with van der Waals surface area (Å²) < 4.78 is 62.6. The molecule has 2 N–H and O–H groups in total. The molecule has 0 amide bonds. The summed E-state index contributed by atoms with van der Waals surface area (Å²) in [5.41, 5.74) is -1.14. The number of H-pyrrole nitrogens is 1. The zero-order chi connectivity index (χ0) is 34.7. The quantitative estimate of drug-likeness (QED) is 0.186.